The summed E-state index contributed by atoms with van der Waals surface area (Å²) < 4.78 is 0. The molecule has 4 rings (SSSR count). The molecule has 13 nitrogen and oxygen atoms in total. The minimum absolute atomic E-state index is 0.0669. The van der Waals surface area contributed by atoms with Gasteiger partial charge in [-0.05, 0) is 66.4 Å². The number of hydrogen-bond donors (Lipinski definition) is 6. The van der Waals surface area contributed by atoms with E-state index in [4.69, 9.17) is 0 Å². The molecule has 1 aromatic carbocycles. The molecule has 0 bridgehead atoms. The monoisotopic (exact) mass is 737 g/mol. The summed E-state index contributed by atoms with van der Waals surface area (Å²) in [7, 11) is 0. The smallest absolute Gasteiger partial charge is 0.317 e. The number of nitrogens with zero attached hydrogens (tertiary/aromatic N) is 2. The van der Waals surface area contributed by atoms with Gasteiger partial charge < -0.3 is 36.6 Å². The van der Waals surface area contributed by atoms with Crippen molar-refractivity contribution in [2.24, 2.45) is 23.2 Å². The number of aliphatic hydroxyl groups excluding tert-OH is 1. The number of nitrogens with one attached hydrogen (secondary N) is 5. The molecule has 13 heteroatoms. The Morgan fingerprint density at radius 2 is 1.74 bits per heavy atom. The first-order chi connectivity index (χ1) is 25.1. The summed E-state index contributed by atoms with van der Waals surface area (Å²) in [5.74, 6) is -1.81. The lowest BCUT2D eigenvalue weighted by molar-refractivity contribution is -0.141. The number of unbranched alkanes of at least 4 members (excludes halogenated alkanes) is 1. The van der Waals surface area contributed by atoms with Crippen LogP contribution in [-0.2, 0) is 27.2 Å². The molecule has 6 N–H and O–H groups in total. The predicted octanol–water partition coefficient (Wildman–Crippen LogP) is 3.11. The number of amides is 6. The Kier molecular flexibility index (Phi) is 14.9. The first kappa shape index (κ1) is 41.8. The standard InChI is InChI=1S/C40H63N7O6/c1-8-10-16-30(34(48)36(50)41-17-9-2)43-35(49)31-22-29(25(3)4)23-47(31)37(51)33(28-20-26-14-11-12-15-27(26)21-28)45-38(52)44-32(40(5,6)7)24-46-19-13-18-42-39(46)53/h9,11-12,14-15,25,28-33,37,51H,2,8,10,13,16-24H2,1,3-7H3,(H,41,50)(H,42,53)(H,43,49)(H2,44,45,52)/t29-,30?,31+,32-,33+,37?/m1/s1. The van der Waals surface area contributed by atoms with Gasteiger partial charge in [-0.2, -0.15) is 0 Å². The molecule has 0 saturated carbocycles. The van der Waals surface area contributed by atoms with Gasteiger partial charge in [0.05, 0.1) is 24.2 Å². The Balaban J connectivity index is 1.59. The zero-order valence-corrected chi connectivity index (χ0v) is 32.6. The molecule has 0 radical (unpaired) electrons. The quantitative estimate of drug-likeness (QED) is 0.105. The van der Waals surface area contributed by atoms with Gasteiger partial charge in [-0.15, -0.1) is 6.58 Å². The maximum absolute atomic E-state index is 14.2. The third-order valence-electron chi connectivity index (χ3n) is 11.2. The van der Waals surface area contributed by atoms with E-state index in [1.807, 2.05) is 39.8 Å². The van der Waals surface area contributed by atoms with Crippen LogP contribution in [0.15, 0.2) is 36.9 Å². The summed E-state index contributed by atoms with van der Waals surface area (Å²) in [6.45, 7) is 17.9. The normalized spacial score (nSPS) is 21.6. The van der Waals surface area contributed by atoms with Gasteiger partial charge in [-0.3, -0.25) is 19.3 Å². The second-order valence-electron chi connectivity index (χ2n) is 16.5. The number of benzene rings is 1. The van der Waals surface area contributed by atoms with Crippen LogP contribution < -0.4 is 26.6 Å². The predicted molar refractivity (Wildman–Crippen MR) is 205 cm³/mol. The summed E-state index contributed by atoms with van der Waals surface area (Å²) in [6.07, 6.45) is 4.52. The zero-order chi connectivity index (χ0) is 38.9. The number of hydrogen-bond acceptors (Lipinski definition) is 7. The Morgan fingerprint density at radius 3 is 2.32 bits per heavy atom. The fourth-order valence-electron chi connectivity index (χ4n) is 7.73. The molecule has 53 heavy (non-hydrogen) atoms. The van der Waals surface area contributed by atoms with Crippen LogP contribution in [0.5, 0.6) is 0 Å². The molecule has 0 spiro atoms. The molecule has 2 unspecified atom stereocenters. The molecule has 0 aromatic heterocycles. The number of ketones is 1. The van der Waals surface area contributed by atoms with Crippen molar-refractivity contribution < 1.29 is 29.1 Å². The molecule has 294 valence electrons. The van der Waals surface area contributed by atoms with Gasteiger partial charge in [-0.25, -0.2) is 9.59 Å². The highest BCUT2D eigenvalue weighted by Crippen LogP contribution is 2.35. The van der Waals surface area contributed by atoms with Gasteiger partial charge in [0.25, 0.3) is 5.91 Å². The van der Waals surface area contributed by atoms with Crippen molar-refractivity contribution in [3.63, 3.8) is 0 Å². The van der Waals surface area contributed by atoms with E-state index in [9.17, 15) is 29.1 Å². The van der Waals surface area contributed by atoms with Gasteiger partial charge in [0, 0.05) is 32.7 Å². The number of likely N-dealkylation sites (tertiary alicyclic amines) is 1. The Hall–Kier alpha value is -3.97. The number of Topliss-reactive ketones (excluding diaryl/α,β-unsaturated/α-hetero) is 1. The molecule has 6 atom stereocenters. The average Bonchev–Trinajstić information content (AvgIpc) is 3.76. The van der Waals surface area contributed by atoms with Crippen LogP contribution >= 0.6 is 0 Å². The van der Waals surface area contributed by atoms with Crippen molar-refractivity contribution >= 4 is 29.7 Å². The van der Waals surface area contributed by atoms with E-state index in [0.29, 0.717) is 58.3 Å². The van der Waals surface area contributed by atoms with Crippen molar-refractivity contribution in [1.82, 2.24) is 36.4 Å². The van der Waals surface area contributed by atoms with Crippen LogP contribution in [-0.4, -0.2) is 108 Å². The summed E-state index contributed by atoms with van der Waals surface area (Å²) in [6, 6.07) is 4.55. The molecule has 1 aromatic rings. The van der Waals surface area contributed by atoms with Crippen LogP contribution in [0, 0.1) is 23.2 Å². The SMILES string of the molecule is C=CCNC(=O)C(=O)C(CCCC)NC(=O)[C@@H]1C[C@@H](C(C)C)CN1C(O)[C@@H](NC(=O)N[C@H](CN1CCCNC1=O)C(C)(C)C)C1Cc2ccccc2C1. The first-order valence-electron chi connectivity index (χ1n) is 19.5. The minimum Gasteiger partial charge on any atom is -0.376 e. The summed E-state index contributed by atoms with van der Waals surface area (Å²) >= 11 is 0. The number of urea groups is 2. The summed E-state index contributed by atoms with van der Waals surface area (Å²) in [5.41, 5.74) is 1.93. The van der Waals surface area contributed by atoms with Crippen molar-refractivity contribution in [1.29, 1.82) is 0 Å². The fraction of sp³-hybridized carbons (Fsp3) is 0.675. The molecular weight excluding hydrogens is 674 g/mol. The van der Waals surface area contributed by atoms with Gasteiger partial charge in [0.15, 0.2) is 0 Å². The van der Waals surface area contributed by atoms with E-state index in [1.54, 1.807) is 9.80 Å². The molecular formula is C40H63N7O6. The average molecular weight is 738 g/mol. The maximum atomic E-state index is 14.2. The van der Waals surface area contributed by atoms with E-state index >= 15 is 0 Å². The lowest BCUT2D eigenvalue weighted by atomic mass is 9.86. The van der Waals surface area contributed by atoms with E-state index < -0.39 is 48.0 Å². The first-order valence-corrected chi connectivity index (χ1v) is 19.5. The number of carbonyl (C=O) groups excluding carboxylic acids is 5. The van der Waals surface area contributed by atoms with Crippen molar-refractivity contribution in [2.75, 3.05) is 32.7 Å². The molecule has 2 heterocycles. The molecule has 3 aliphatic rings. The lowest BCUT2D eigenvalue weighted by Gasteiger charge is -2.40. The van der Waals surface area contributed by atoms with Crippen LogP contribution in [0.2, 0.25) is 0 Å². The minimum atomic E-state index is -1.23. The highest BCUT2D eigenvalue weighted by molar-refractivity contribution is 6.38. The second-order valence-corrected chi connectivity index (χ2v) is 16.5. The van der Waals surface area contributed by atoms with Gasteiger partial charge in [0.2, 0.25) is 11.7 Å². The van der Waals surface area contributed by atoms with Crippen LogP contribution in [0.1, 0.15) is 84.8 Å². The largest absolute Gasteiger partial charge is 0.376 e. The van der Waals surface area contributed by atoms with Gasteiger partial charge in [-0.1, -0.05) is 84.7 Å². The Morgan fingerprint density at radius 1 is 1.06 bits per heavy atom. The maximum Gasteiger partial charge on any atom is 0.317 e. The molecule has 1 aliphatic carbocycles. The van der Waals surface area contributed by atoms with Crippen LogP contribution in [0.4, 0.5) is 9.59 Å². The van der Waals surface area contributed by atoms with Crippen molar-refractivity contribution in [3.8, 4) is 0 Å². The third kappa shape index (κ3) is 11.0. The lowest BCUT2D eigenvalue weighted by Crippen LogP contribution is -2.63. The van der Waals surface area contributed by atoms with E-state index in [0.717, 1.165) is 24.0 Å². The van der Waals surface area contributed by atoms with E-state index in [1.165, 1.54) is 6.08 Å². The number of rotatable bonds is 17. The Labute approximate surface area is 315 Å². The van der Waals surface area contributed by atoms with Gasteiger partial charge in [0.1, 0.15) is 6.23 Å². The number of aliphatic hydroxyl groups is 1. The zero-order valence-electron chi connectivity index (χ0n) is 32.6. The molecule has 2 aliphatic heterocycles. The second kappa shape index (κ2) is 18.9. The van der Waals surface area contributed by atoms with Crippen LogP contribution in [0.3, 0.4) is 0 Å². The highest BCUT2D eigenvalue weighted by Gasteiger charge is 2.47. The topological polar surface area (TPSA) is 172 Å². The summed E-state index contributed by atoms with van der Waals surface area (Å²) in [5, 5.41) is 26.9. The molecule has 6 amide bonds. The van der Waals surface area contributed by atoms with Crippen molar-refractivity contribution in [2.45, 2.75) is 117 Å². The molecule has 2 saturated heterocycles. The third-order valence-corrected chi connectivity index (χ3v) is 11.2. The summed E-state index contributed by atoms with van der Waals surface area (Å²) in [4.78, 5) is 70.1. The van der Waals surface area contributed by atoms with Crippen LogP contribution in [0.25, 0.3) is 0 Å². The molecule has 2 fully saturated rings. The van der Waals surface area contributed by atoms with Crippen molar-refractivity contribution in [3.05, 3.63) is 48.0 Å². The van der Waals surface area contributed by atoms with E-state index in [-0.39, 0.29) is 41.8 Å². The number of fused-ring (bicyclic) bond motifs is 1. The number of carbonyl (C=O) groups is 5. The van der Waals surface area contributed by atoms with Gasteiger partial charge >= 0.3 is 12.1 Å². The van der Waals surface area contributed by atoms with E-state index in [2.05, 4.69) is 59.1 Å². The fourth-order valence-corrected chi connectivity index (χ4v) is 7.73. The highest BCUT2D eigenvalue weighted by atomic mass is 16.3. The Bertz CT molecular complexity index is 1440.